The quantitative estimate of drug-likeness (QED) is 0.694. The van der Waals surface area contributed by atoms with Gasteiger partial charge in [-0.2, -0.15) is 0 Å². The Kier molecular flexibility index (Phi) is 5.18. The van der Waals surface area contributed by atoms with Gasteiger partial charge in [-0.15, -0.1) is 11.3 Å². The van der Waals surface area contributed by atoms with Crippen LogP contribution >= 0.6 is 11.3 Å². The van der Waals surface area contributed by atoms with Gasteiger partial charge in [-0.1, -0.05) is 24.3 Å². The number of carbonyl (C=O) groups is 1. The van der Waals surface area contributed by atoms with E-state index in [1.54, 1.807) is 11.3 Å². The normalized spacial score (nSPS) is 14.5. The number of nitrogens with zero attached hydrogens (tertiary/aromatic N) is 2. The Morgan fingerprint density at radius 2 is 1.82 bits per heavy atom. The first-order chi connectivity index (χ1) is 13.5. The lowest BCUT2D eigenvalue weighted by Gasteiger charge is -2.30. The fourth-order valence-corrected chi connectivity index (χ4v) is 4.76. The second kappa shape index (κ2) is 7.76. The van der Waals surface area contributed by atoms with Gasteiger partial charge >= 0.3 is 0 Å². The Morgan fingerprint density at radius 3 is 2.50 bits per heavy atom. The summed E-state index contributed by atoms with van der Waals surface area (Å²) in [6.45, 7) is 7.92. The van der Waals surface area contributed by atoms with Gasteiger partial charge in [0, 0.05) is 29.2 Å². The summed E-state index contributed by atoms with van der Waals surface area (Å²) < 4.78 is 0. The van der Waals surface area contributed by atoms with E-state index in [2.05, 4.69) is 51.6 Å². The van der Waals surface area contributed by atoms with Gasteiger partial charge in [0.25, 0.3) is 5.91 Å². The Morgan fingerprint density at radius 1 is 1.11 bits per heavy atom. The molecule has 1 atom stereocenters. The molecule has 1 aliphatic heterocycles. The smallest absolute Gasteiger partial charge is 0.251 e. The van der Waals surface area contributed by atoms with Gasteiger partial charge in [0.15, 0.2) is 0 Å². The van der Waals surface area contributed by atoms with Gasteiger partial charge < -0.3 is 10.2 Å². The molecule has 0 bridgehead atoms. The van der Waals surface area contributed by atoms with Gasteiger partial charge in [0.1, 0.15) is 0 Å². The highest BCUT2D eigenvalue weighted by Crippen LogP contribution is 2.26. The number of aryl methyl sites for hydroxylation is 2. The Hall–Kier alpha value is -2.66. The number of carbonyl (C=O) groups excluding carboxylic acids is 1. The van der Waals surface area contributed by atoms with Crippen LogP contribution in [0.3, 0.4) is 0 Å². The number of nitrogens with one attached hydrogen (secondary N) is 1. The molecule has 4 nitrogen and oxygen atoms in total. The number of aromatic nitrogens is 1. The average Bonchev–Trinajstić information content (AvgIpc) is 3.06. The van der Waals surface area contributed by atoms with Crippen LogP contribution in [0.4, 0.5) is 5.69 Å². The lowest BCUT2D eigenvalue weighted by atomic mass is 9.99. The third-order valence-electron chi connectivity index (χ3n) is 5.31. The Bertz CT molecular complexity index is 993. The standard InChI is InChI=1S/C23H25N3OS/c1-15-22(28-17(3)24-15)16(2)25-23(27)19-8-10-21(11-9-19)26-13-12-18-6-4-5-7-20(18)14-26/h4-11,16H,12-14H2,1-3H3,(H,25,27)/t16-/m1/s1. The third-order valence-corrected chi connectivity index (χ3v) is 6.56. The van der Waals surface area contributed by atoms with Gasteiger partial charge in [0.2, 0.25) is 0 Å². The summed E-state index contributed by atoms with van der Waals surface area (Å²) in [5.74, 6) is -0.0477. The van der Waals surface area contributed by atoms with Crippen LogP contribution in [-0.2, 0) is 13.0 Å². The maximum Gasteiger partial charge on any atom is 0.251 e. The molecule has 1 amide bonds. The average molecular weight is 392 g/mol. The van der Waals surface area contributed by atoms with Crippen molar-refractivity contribution in [2.75, 3.05) is 11.4 Å². The molecule has 28 heavy (non-hydrogen) atoms. The van der Waals surface area contributed by atoms with Crippen LogP contribution in [0, 0.1) is 13.8 Å². The number of amides is 1. The zero-order valence-electron chi connectivity index (χ0n) is 16.5. The second-order valence-electron chi connectivity index (χ2n) is 7.36. The monoisotopic (exact) mass is 391 g/mol. The minimum absolute atomic E-state index is 0.0445. The predicted molar refractivity (Wildman–Crippen MR) is 115 cm³/mol. The van der Waals surface area contributed by atoms with E-state index in [9.17, 15) is 4.79 Å². The Balaban J connectivity index is 1.43. The highest BCUT2D eigenvalue weighted by atomic mass is 32.1. The van der Waals surface area contributed by atoms with E-state index in [4.69, 9.17) is 0 Å². The van der Waals surface area contributed by atoms with E-state index >= 15 is 0 Å². The molecule has 0 radical (unpaired) electrons. The number of anilines is 1. The summed E-state index contributed by atoms with van der Waals surface area (Å²) in [6, 6.07) is 16.5. The SMILES string of the molecule is Cc1nc(C)c([C@@H](C)NC(=O)c2ccc(N3CCc4ccccc4C3)cc2)s1. The molecule has 5 heteroatoms. The molecular formula is C23H25N3OS. The van der Waals surface area contributed by atoms with Crippen molar-refractivity contribution in [3.8, 4) is 0 Å². The van der Waals surface area contributed by atoms with Crippen molar-refractivity contribution in [1.82, 2.24) is 10.3 Å². The molecule has 0 saturated heterocycles. The maximum atomic E-state index is 12.7. The number of rotatable bonds is 4. The van der Waals surface area contributed by atoms with Gasteiger partial charge in [0.05, 0.1) is 16.7 Å². The molecule has 0 aliphatic carbocycles. The maximum absolute atomic E-state index is 12.7. The molecule has 4 rings (SSSR count). The van der Waals surface area contributed by atoms with E-state index in [-0.39, 0.29) is 11.9 Å². The zero-order chi connectivity index (χ0) is 19.7. The molecule has 1 aromatic heterocycles. The van der Waals surface area contributed by atoms with Crippen molar-refractivity contribution >= 4 is 22.9 Å². The minimum Gasteiger partial charge on any atom is -0.367 e. The topological polar surface area (TPSA) is 45.2 Å². The Labute approximate surface area is 170 Å². The molecule has 2 aromatic carbocycles. The van der Waals surface area contributed by atoms with Crippen molar-refractivity contribution in [3.63, 3.8) is 0 Å². The van der Waals surface area contributed by atoms with E-state index in [1.807, 2.05) is 32.9 Å². The zero-order valence-corrected chi connectivity index (χ0v) is 17.3. The first kappa shape index (κ1) is 18.7. The van der Waals surface area contributed by atoms with Crippen LogP contribution in [-0.4, -0.2) is 17.4 Å². The van der Waals surface area contributed by atoms with E-state index in [1.165, 1.54) is 11.1 Å². The molecule has 1 N–H and O–H groups in total. The highest BCUT2D eigenvalue weighted by Gasteiger charge is 2.18. The fraction of sp³-hybridized carbons (Fsp3) is 0.304. The highest BCUT2D eigenvalue weighted by molar-refractivity contribution is 7.11. The molecule has 0 spiro atoms. The van der Waals surface area contributed by atoms with Crippen molar-refractivity contribution in [3.05, 3.63) is 80.8 Å². The summed E-state index contributed by atoms with van der Waals surface area (Å²) in [5.41, 5.74) is 5.67. The second-order valence-corrected chi connectivity index (χ2v) is 8.60. The summed E-state index contributed by atoms with van der Waals surface area (Å²) >= 11 is 1.64. The van der Waals surface area contributed by atoms with Crippen molar-refractivity contribution in [1.29, 1.82) is 0 Å². The van der Waals surface area contributed by atoms with E-state index < -0.39 is 0 Å². The van der Waals surface area contributed by atoms with E-state index in [0.717, 1.165) is 40.8 Å². The van der Waals surface area contributed by atoms with Crippen LogP contribution in [0.15, 0.2) is 48.5 Å². The lowest BCUT2D eigenvalue weighted by molar-refractivity contribution is 0.0940. The van der Waals surface area contributed by atoms with Crippen LogP contribution < -0.4 is 10.2 Å². The first-order valence-electron chi connectivity index (χ1n) is 9.68. The number of thiazole rings is 1. The van der Waals surface area contributed by atoms with Crippen LogP contribution in [0.5, 0.6) is 0 Å². The number of fused-ring (bicyclic) bond motifs is 1. The van der Waals surface area contributed by atoms with Crippen LogP contribution in [0.2, 0.25) is 0 Å². The number of hydrogen-bond acceptors (Lipinski definition) is 4. The largest absolute Gasteiger partial charge is 0.367 e. The molecule has 3 aromatic rings. The summed E-state index contributed by atoms with van der Waals surface area (Å²) in [7, 11) is 0. The minimum atomic E-state index is -0.0477. The van der Waals surface area contributed by atoms with Crippen LogP contribution in [0.1, 0.15) is 50.0 Å². The van der Waals surface area contributed by atoms with Crippen molar-refractivity contribution in [2.45, 2.75) is 39.8 Å². The third kappa shape index (κ3) is 3.80. The lowest BCUT2D eigenvalue weighted by Crippen LogP contribution is -2.30. The van der Waals surface area contributed by atoms with Crippen molar-refractivity contribution in [2.24, 2.45) is 0 Å². The molecule has 0 fully saturated rings. The molecule has 2 heterocycles. The summed E-state index contributed by atoms with van der Waals surface area (Å²) in [5, 5.41) is 4.13. The molecule has 0 unspecified atom stereocenters. The summed E-state index contributed by atoms with van der Waals surface area (Å²) in [6.07, 6.45) is 1.06. The molecular weight excluding hydrogens is 366 g/mol. The predicted octanol–water partition coefficient (Wildman–Crippen LogP) is 4.81. The molecule has 144 valence electrons. The fourth-order valence-electron chi connectivity index (χ4n) is 3.83. The molecule has 0 saturated carbocycles. The van der Waals surface area contributed by atoms with Gasteiger partial charge in [-0.3, -0.25) is 4.79 Å². The van der Waals surface area contributed by atoms with Crippen molar-refractivity contribution < 1.29 is 4.79 Å². The van der Waals surface area contributed by atoms with E-state index in [0.29, 0.717) is 5.56 Å². The van der Waals surface area contributed by atoms with Crippen LogP contribution in [0.25, 0.3) is 0 Å². The first-order valence-corrected chi connectivity index (χ1v) is 10.5. The van der Waals surface area contributed by atoms with Gasteiger partial charge in [-0.25, -0.2) is 4.98 Å². The number of hydrogen-bond donors (Lipinski definition) is 1. The van der Waals surface area contributed by atoms with Gasteiger partial charge in [-0.05, 0) is 62.6 Å². The molecule has 1 aliphatic rings. The summed E-state index contributed by atoms with van der Waals surface area (Å²) in [4.78, 5) is 20.6. The number of benzene rings is 2.